The van der Waals surface area contributed by atoms with Gasteiger partial charge in [0.15, 0.2) is 0 Å². The fraction of sp³-hybridized carbons (Fsp3) is 0.364. The summed E-state index contributed by atoms with van der Waals surface area (Å²) >= 11 is 0. The van der Waals surface area contributed by atoms with Gasteiger partial charge in [0.05, 0.1) is 12.1 Å². The number of rotatable bonds is 3. The van der Waals surface area contributed by atoms with Crippen LogP contribution in [0.1, 0.15) is 25.5 Å². The largest absolute Gasteiger partial charge is 0.348 e. The molecule has 1 amide bonds. The van der Waals surface area contributed by atoms with Crippen molar-refractivity contribution in [2.45, 2.75) is 25.9 Å². The first kappa shape index (κ1) is 15.8. The third kappa shape index (κ3) is 3.94. The van der Waals surface area contributed by atoms with Crippen LogP contribution in [0.4, 0.5) is 8.78 Å². The van der Waals surface area contributed by atoms with Crippen LogP contribution in [-0.2, 0) is 4.79 Å². The first-order valence-electron chi connectivity index (χ1n) is 4.93. The van der Waals surface area contributed by atoms with E-state index in [1.54, 1.807) is 0 Å². The van der Waals surface area contributed by atoms with E-state index in [-0.39, 0.29) is 18.0 Å². The highest BCUT2D eigenvalue weighted by Gasteiger charge is 2.18. The predicted octanol–water partition coefficient (Wildman–Crippen LogP) is 1.91. The van der Waals surface area contributed by atoms with Gasteiger partial charge in [0.1, 0.15) is 11.6 Å². The van der Waals surface area contributed by atoms with Crippen LogP contribution in [0.5, 0.6) is 0 Å². The molecule has 0 fully saturated rings. The van der Waals surface area contributed by atoms with Crippen LogP contribution in [-0.4, -0.2) is 11.9 Å². The van der Waals surface area contributed by atoms with Crippen LogP contribution in [0.15, 0.2) is 18.2 Å². The van der Waals surface area contributed by atoms with Gasteiger partial charge in [0.25, 0.3) is 0 Å². The van der Waals surface area contributed by atoms with Crippen LogP contribution >= 0.6 is 12.4 Å². The first-order chi connectivity index (χ1) is 7.43. The number of hydrogen-bond acceptors (Lipinski definition) is 2. The van der Waals surface area contributed by atoms with Gasteiger partial charge in [-0.1, -0.05) is 6.07 Å². The molecule has 3 N–H and O–H groups in total. The van der Waals surface area contributed by atoms with Crippen molar-refractivity contribution >= 4 is 18.3 Å². The Kier molecular flexibility index (Phi) is 6.05. The molecule has 0 aromatic heterocycles. The lowest BCUT2D eigenvalue weighted by atomic mass is 10.1. The van der Waals surface area contributed by atoms with Gasteiger partial charge in [0, 0.05) is 5.56 Å². The van der Waals surface area contributed by atoms with Crippen molar-refractivity contribution < 1.29 is 13.6 Å². The quantitative estimate of drug-likeness (QED) is 0.876. The molecular weight excluding hydrogens is 250 g/mol. The van der Waals surface area contributed by atoms with Gasteiger partial charge >= 0.3 is 0 Å². The summed E-state index contributed by atoms with van der Waals surface area (Å²) in [5.41, 5.74) is 5.18. The molecule has 3 nitrogen and oxygen atoms in total. The summed E-state index contributed by atoms with van der Waals surface area (Å²) < 4.78 is 26.7. The predicted molar refractivity (Wildman–Crippen MR) is 63.8 cm³/mol. The molecule has 6 heteroatoms. The zero-order valence-corrected chi connectivity index (χ0v) is 10.4. The fourth-order valence-electron chi connectivity index (χ4n) is 1.34. The van der Waals surface area contributed by atoms with Gasteiger partial charge in [-0.25, -0.2) is 8.78 Å². The number of nitrogens with two attached hydrogens (primary N) is 1. The molecule has 0 aliphatic rings. The summed E-state index contributed by atoms with van der Waals surface area (Å²) in [5.74, 6) is -1.81. The number of benzene rings is 1. The van der Waals surface area contributed by atoms with E-state index in [2.05, 4.69) is 5.32 Å². The van der Waals surface area contributed by atoms with Crippen LogP contribution in [0.3, 0.4) is 0 Å². The Labute approximate surface area is 105 Å². The highest BCUT2D eigenvalue weighted by Crippen LogP contribution is 2.20. The minimum atomic E-state index is -0.750. The Morgan fingerprint density at radius 1 is 1.29 bits per heavy atom. The number of halogens is 3. The third-order valence-electron chi connectivity index (χ3n) is 2.21. The first-order valence-corrected chi connectivity index (χ1v) is 4.93. The van der Waals surface area contributed by atoms with Crippen molar-refractivity contribution in [1.82, 2.24) is 5.32 Å². The summed E-state index contributed by atoms with van der Waals surface area (Å²) in [7, 11) is 0. The maximum Gasteiger partial charge on any atom is 0.237 e. The van der Waals surface area contributed by atoms with Gasteiger partial charge in [-0.15, -0.1) is 12.4 Å². The topological polar surface area (TPSA) is 55.1 Å². The molecule has 0 heterocycles. The minimum Gasteiger partial charge on any atom is -0.348 e. The normalized spacial score (nSPS) is 13.5. The Hall–Kier alpha value is -1.20. The Balaban J connectivity index is 0.00000256. The van der Waals surface area contributed by atoms with Crippen LogP contribution < -0.4 is 11.1 Å². The molecule has 0 spiro atoms. The molecular formula is C11H15ClF2N2O. The standard InChI is InChI=1S/C11H14F2N2O.ClH/c1-6(14)11(16)15-7(2)10-8(12)4-3-5-9(10)13;/h3-7H,14H2,1-2H3,(H,15,16);1H/t6-,7?;/m1./s1. The Morgan fingerprint density at radius 2 is 1.76 bits per heavy atom. The van der Waals surface area contributed by atoms with E-state index in [1.165, 1.54) is 19.9 Å². The van der Waals surface area contributed by atoms with Crippen molar-refractivity contribution in [2.24, 2.45) is 5.73 Å². The monoisotopic (exact) mass is 264 g/mol. The summed E-state index contributed by atoms with van der Waals surface area (Å²) in [5, 5.41) is 2.43. The van der Waals surface area contributed by atoms with E-state index in [9.17, 15) is 13.6 Å². The zero-order chi connectivity index (χ0) is 12.3. The number of amides is 1. The summed E-state index contributed by atoms with van der Waals surface area (Å²) in [6.45, 7) is 3.00. The maximum atomic E-state index is 13.3. The van der Waals surface area contributed by atoms with Crippen molar-refractivity contribution in [2.75, 3.05) is 0 Å². The SMILES string of the molecule is CC(NC(=O)[C@@H](C)N)c1c(F)cccc1F.Cl. The highest BCUT2D eigenvalue weighted by molar-refractivity contribution is 5.85. The second-order valence-electron chi connectivity index (χ2n) is 3.65. The number of hydrogen-bond donors (Lipinski definition) is 2. The smallest absolute Gasteiger partial charge is 0.237 e. The molecule has 96 valence electrons. The molecule has 0 aliphatic carbocycles. The molecule has 1 aromatic rings. The Bertz CT molecular complexity index is 379. The molecule has 0 saturated heterocycles. The maximum absolute atomic E-state index is 13.3. The van der Waals surface area contributed by atoms with Crippen molar-refractivity contribution in [1.29, 1.82) is 0 Å². The van der Waals surface area contributed by atoms with E-state index >= 15 is 0 Å². The van der Waals surface area contributed by atoms with Crippen LogP contribution in [0.2, 0.25) is 0 Å². The second kappa shape index (κ2) is 6.51. The Morgan fingerprint density at radius 3 is 2.18 bits per heavy atom. The van der Waals surface area contributed by atoms with Crippen LogP contribution in [0.25, 0.3) is 0 Å². The van der Waals surface area contributed by atoms with Gasteiger partial charge in [0.2, 0.25) is 5.91 Å². The lowest BCUT2D eigenvalue weighted by molar-refractivity contribution is -0.122. The van der Waals surface area contributed by atoms with E-state index in [4.69, 9.17) is 5.73 Å². The summed E-state index contributed by atoms with van der Waals surface area (Å²) in [6.07, 6.45) is 0. The van der Waals surface area contributed by atoms with Crippen molar-refractivity contribution in [3.63, 3.8) is 0 Å². The average molecular weight is 265 g/mol. The van der Waals surface area contributed by atoms with Gasteiger partial charge in [-0.2, -0.15) is 0 Å². The van der Waals surface area contributed by atoms with Gasteiger partial charge < -0.3 is 11.1 Å². The van der Waals surface area contributed by atoms with Crippen LogP contribution in [0, 0.1) is 11.6 Å². The third-order valence-corrected chi connectivity index (χ3v) is 2.21. The number of nitrogens with one attached hydrogen (secondary N) is 1. The lowest BCUT2D eigenvalue weighted by Crippen LogP contribution is -2.39. The zero-order valence-electron chi connectivity index (χ0n) is 9.54. The van der Waals surface area contributed by atoms with Gasteiger partial charge in [-0.3, -0.25) is 4.79 Å². The molecule has 1 unspecified atom stereocenters. The summed E-state index contributed by atoms with van der Waals surface area (Å²) in [4.78, 5) is 11.3. The molecule has 1 rings (SSSR count). The molecule has 0 bridgehead atoms. The second-order valence-corrected chi connectivity index (χ2v) is 3.65. The average Bonchev–Trinajstić information content (AvgIpc) is 2.16. The number of carbonyl (C=O) groups excluding carboxylic acids is 1. The highest BCUT2D eigenvalue weighted by atomic mass is 35.5. The molecule has 0 saturated carbocycles. The molecule has 17 heavy (non-hydrogen) atoms. The van der Waals surface area contributed by atoms with E-state index < -0.39 is 29.6 Å². The van der Waals surface area contributed by atoms with Crippen molar-refractivity contribution in [3.05, 3.63) is 35.4 Å². The molecule has 1 aromatic carbocycles. The molecule has 2 atom stereocenters. The van der Waals surface area contributed by atoms with Crippen molar-refractivity contribution in [3.8, 4) is 0 Å². The van der Waals surface area contributed by atoms with E-state index in [0.717, 1.165) is 12.1 Å². The molecule has 0 aliphatic heterocycles. The fourth-order valence-corrected chi connectivity index (χ4v) is 1.34. The lowest BCUT2D eigenvalue weighted by Gasteiger charge is -2.17. The number of carbonyl (C=O) groups is 1. The van der Waals surface area contributed by atoms with E-state index in [0.29, 0.717) is 0 Å². The summed E-state index contributed by atoms with van der Waals surface area (Å²) in [6, 6.07) is 2.10. The van der Waals surface area contributed by atoms with E-state index in [1.807, 2.05) is 0 Å². The minimum absolute atomic E-state index is 0. The molecule has 0 radical (unpaired) electrons. The van der Waals surface area contributed by atoms with Gasteiger partial charge in [-0.05, 0) is 26.0 Å².